The van der Waals surface area contributed by atoms with Crippen LogP contribution in [0.2, 0.25) is 0 Å². The predicted octanol–water partition coefficient (Wildman–Crippen LogP) is 2.89. The summed E-state index contributed by atoms with van der Waals surface area (Å²) in [6, 6.07) is 14.0. The van der Waals surface area contributed by atoms with Crippen molar-refractivity contribution in [2.75, 3.05) is 5.73 Å². The van der Waals surface area contributed by atoms with Gasteiger partial charge in [-0.2, -0.15) is 0 Å². The Hall–Kier alpha value is -2.29. The summed E-state index contributed by atoms with van der Waals surface area (Å²) in [5.74, 6) is 0. The van der Waals surface area contributed by atoms with Crippen molar-refractivity contribution in [3.63, 3.8) is 0 Å². The summed E-state index contributed by atoms with van der Waals surface area (Å²) < 4.78 is 2.03. The molecule has 0 radical (unpaired) electrons. The summed E-state index contributed by atoms with van der Waals surface area (Å²) in [7, 11) is 0. The molecule has 0 bridgehead atoms. The number of aromatic nitrogens is 2. The molecule has 2 heterocycles. The van der Waals surface area contributed by atoms with Crippen molar-refractivity contribution in [3.8, 4) is 11.3 Å². The highest BCUT2D eigenvalue weighted by Crippen LogP contribution is 2.21. The first-order chi connectivity index (χ1) is 8.25. The number of nitrogens with zero attached hydrogens (tertiary/aromatic N) is 2. The highest BCUT2D eigenvalue weighted by Gasteiger charge is 2.06. The van der Waals surface area contributed by atoms with Crippen LogP contribution in [0.4, 0.5) is 5.69 Å². The van der Waals surface area contributed by atoms with Gasteiger partial charge in [0.05, 0.1) is 11.4 Å². The van der Waals surface area contributed by atoms with Crippen LogP contribution in [0.1, 0.15) is 5.69 Å². The number of nitrogen functional groups attached to an aromatic ring is 1. The molecule has 3 heteroatoms. The van der Waals surface area contributed by atoms with Gasteiger partial charge in [0, 0.05) is 17.5 Å². The zero-order valence-electron chi connectivity index (χ0n) is 9.59. The molecule has 3 aromatic rings. The normalized spacial score (nSPS) is 10.9. The van der Waals surface area contributed by atoms with Gasteiger partial charge in [-0.15, -0.1) is 0 Å². The minimum Gasteiger partial charge on any atom is -0.397 e. The van der Waals surface area contributed by atoms with Crippen molar-refractivity contribution in [2.45, 2.75) is 6.92 Å². The molecule has 0 aliphatic heterocycles. The molecule has 3 rings (SSSR count). The third kappa shape index (κ3) is 1.56. The zero-order valence-corrected chi connectivity index (χ0v) is 9.59. The van der Waals surface area contributed by atoms with Gasteiger partial charge < -0.3 is 10.1 Å². The first-order valence-electron chi connectivity index (χ1n) is 5.55. The molecule has 0 spiro atoms. The number of fused-ring (bicyclic) bond motifs is 1. The van der Waals surface area contributed by atoms with Crippen LogP contribution in [0.5, 0.6) is 0 Å². The average molecular weight is 223 g/mol. The van der Waals surface area contributed by atoms with Gasteiger partial charge in [0.15, 0.2) is 0 Å². The Kier molecular flexibility index (Phi) is 2.11. The van der Waals surface area contributed by atoms with Gasteiger partial charge in [0.1, 0.15) is 5.65 Å². The van der Waals surface area contributed by atoms with E-state index >= 15 is 0 Å². The summed E-state index contributed by atoms with van der Waals surface area (Å²) in [5, 5.41) is 0. The molecule has 0 unspecified atom stereocenters. The molecule has 0 atom stereocenters. The minimum absolute atomic E-state index is 0.787. The van der Waals surface area contributed by atoms with E-state index in [4.69, 9.17) is 5.73 Å². The standard InChI is InChI=1S/C14H13N3/c1-10-12(15)7-8-14-16-13(9-17(10)14)11-5-3-2-4-6-11/h2-9H,15H2,1H3. The number of imidazole rings is 1. The van der Waals surface area contributed by atoms with E-state index in [-0.39, 0.29) is 0 Å². The Bertz CT molecular complexity index is 669. The number of pyridine rings is 1. The fourth-order valence-corrected chi connectivity index (χ4v) is 1.95. The van der Waals surface area contributed by atoms with Crippen molar-refractivity contribution >= 4 is 11.3 Å². The summed E-state index contributed by atoms with van der Waals surface area (Å²) in [6.45, 7) is 2.00. The van der Waals surface area contributed by atoms with Gasteiger partial charge in [0.2, 0.25) is 0 Å². The molecule has 0 fully saturated rings. The number of benzene rings is 1. The van der Waals surface area contributed by atoms with Gasteiger partial charge in [-0.05, 0) is 19.1 Å². The molecule has 0 saturated heterocycles. The summed E-state index contributed by atoms with van der Waals surface area (Å²) in [6.07, 6.45) is 2.02. The molecule has 0 amide bonds. The second kappa shape index (κ2) is 3.63. The highest BCUT2D eigenvalue weighted by atomic mass is 15.0. The fraction of sp³-hybridized carbons (Fsp3) is 0.0714. The zero-order chi connectivity index (χ0) is 11.8. The largest absolute Gasteiger partial charge is 0.397 e. The molecule has 1 aromatic carbocycles. The molecular weight excluding hydrogens is 210 g/mol. The Morgan fingerprint density at radius 3 is 2.59 bits per heavy atom. The molecule has 0 aliphatic rings. The third-order valence-corrected chi connectivity index (χ3v) is 2.99. The van der Waals surface area contributed by atoms with Gasteiger partial charge in [-0.3, -0.25) is 0 Å². The van der Waals surface area contributed by atoms with Crippen molar-refractivity contribution < 1.29 is 0 Å². The Morgan fingerprint density at radius 2 is 1.82 bits per heavy atom. The lowest BCUT2D eigenvalue weighted by atomic mass is 10.2. The Balaban J connectivity index is 2.24. The quantitative estimate of drug-likeness (QED) is 0.689. The van der Waals surface area contributed by atoms with Crippen LogP contribution in [0.15, 0.2) is 48.7 Å². The van der Waals surface area contributed by atoms with E-state index in [1.807, 2.05) is 47.9 Å². The molecule has 0 aliphatic carbocycles. The minimum atomic E-state index is 0.787. The third-order valence-electron chi connectivity index (χ3n) is 2.99. The Labute approximate surface area is 99.5 Å². The van der Waals surface area contributed by atoms with Gasteiger partial charge >= 0.3 is 0 Å². The predicted molar refractivity (Wildman–Crippen MR) is 69.8 cm³/mol. The Morgan fingerprint density at radius 1 is 1.06 bits per heavy atom. The van der Waals surface area contributed by atoms with Crippen LogP contribution in [-0.4, -0.2) is 9.38 Å². The molecule has 84 valence electrons. The lowest BCUT2D eigenvalue weighted by molar-refractivity contribution is 1.10. The average Bonchev–Trinajstić information content (AvgIpc) is 2.80. The van der Waals surface area contributed by atoms with Crippen molar-refractivity contribution in [1.29, 1.82) is 0 Å². The fourth-order valence-electron chi connectivity index (χ4n) is 1.95. The SMILES string of the molecule is Cc1c(N)ccc2nc(-c3ccccc3)cn12. The smallest absolute Gasteiger partial charge is 0.137 e. The maximum atomic E-state index is 5.89. The van der Waals surface area contributed by atoms with E-state index in [1.165, 1.54) is 0 Å². The molecule has 17 heavy (non-hydrogen) atoms. The monoisotopic (exact) mass is 223 g/mol. The van der Waals surface area contributed by atoms with E-state index in [9.17, 15) is 0 Å². The molecule has 3 nitrogen and oxygen atoms in total. The van der Waals surface area contributed by atoms with E-state index < -0.39 is 0 Å². The van der Waals surface area contributed by atoms with Gasteiger partial charge in [-0.25, -0.2) is 4.98 Å². The van der Waals surface area contributed by atoms with Crippen LogP contribution in [0.3, 0.4) is 0 Å². The van der Waals surface area contributed by atoms with Crippen molar-refractivity contribution in [1.82, 2.24) is 9.38 Å². The van der Waals surface area contributed by atoms with Crippen LogP contribution in [-0.2, 0) is 0 Å². The topological polar surface area (TPSA) is 43.3 Å². The van der Waals surface area contributed by atoms with Crippen LogP contribution >= 0.6 is 0 Å². The molecular formula is C14H13N3. The second-order valence-electron chi connectivity index (χ2n) is 4.09. The van der Waals surface area contributed by atoms with Crippen LogP contribution < -0.4 is 5.73 Å². The summed E-state index contributed by atoms with van der Waals surface area (Å²) >= 11 is 0. The first kappa shape index (κ1) is 9.90. The van der Waals surface area contributed by atoms with E-state index in [1.54, 1.807) is 0 Å². The van der Waals surface area contributed by atoms with Gasteiger partial charge in [0.25, 0.3) is 0 Å². The number of nitrogens with two attached hydrogens (primary N) is 1. The van der Waals surface area contributed by atoms with E-state index in [2.05, 4.69) is 17.1 Å². The highest BCUT2D eigenvalue weighted by molar-refractivity contribution is 5.64. The maximum Gasteiger partial charge on any atom is 0.137 e. The van der Waals surface area contributed by atoms with Crippen molar-refractivity contribution in [2.24, 2.45) is 0 Å². The maximum absolute atomic E-state index is 5.89. The summed E-state index contributed by atoms with van der Waals surface area (Å²) in [5.41, 5.74) is 10.7. The molecule has 2 N–H and O–H groups in total. The van der Waals surface area contributed by atoms with Gasteiger partial charge in [-0.1, -0.05) is 30.3 Å². The van der Waals surface area contributed by atoms with Crippen LogP contribution in [0, 0.1) is 6.92 Å². The van der Waals surface area contributed by atoms with E-state index in [0.717, 1.165) is 28.3 Å². The van der Waals surface area contributed by atoms with Crippen molar-refractivity contribution in [3.05, 3.63) is 54.4 Å². The molecule has 2 aromatic heterocycles. The lowest BCUT2D eigenvalue weighted by Crippen LogP contribution is -1.96. The number of anilines is 1. The first-order valence-corrected chi connectivity index (χ1v) is 5.55. The number of aryl methyl sites for hydroxylation is 1. The second-order valence-corrected chi connectivity index (χ2v) is 4.09. The number of rotatable bonds is 1. The summed E-state index contributed by atoms with van der Waals surface area (Å²) in [4.78, 5) is 4.59. The van der Waals surface area contributed by atoms with Crippen LogP contribution in [0.25, 0.3) is 16.9 Å². The number of hydrogen-bond acceptors (Lipinski definition) is 2. The number of hydrogen-bond donors (Lipinski definition) is 1. The lowest BCUT2D eigenvalue weighted by Gasteiger charge is -2.01. The molecule has 0 saturated carbocycles. The van der Waals surface area contributed by atoms with E-state index in [0.29, 0.717) is 0 Å².